The van der Waals surface area contributed by atoms with Crippen LogP contribution in [-0.4, -0.2) is 33.7 Å². The summed E-state index contributed by atoms with van der Waals surface area (Å²) in [6, 6.07) is 9.83. The number of carbonyl (C=O) groups excluding carboxylic acids is 2. The Labute approximate surface area is 162 Å². The molecule has 0 spiro atoms. The monoisotopic (exact) mass is 382 g/mol. The molecule has 0 heterocycles. The number of hydrogen-bond donors (Lipinski definition) is 3. The molecule has 1 atom stereocenters. The molecule has 146 valence electrons. The van der Waals surface area contributed by atoms with Crippen molar-refractivity contribution in [3.05, 3.63) is 35.9 Å². The van der Waals surface area contributed by atoms with E-state index >= 15 is 0 Å². The number of hydrogen-bond acceptors (Lipinski definition) is 6. The average Bonchev–Trinajstić information content (AvgIpc) is 2.71. The molecule has 0 unspecified atom stereocenters. The van der Waals surface area contributed by atoms with Crippen LogP contribution >= 0.6 is 0 Å². The van der Waals surface area contributed by atoms with Crippen molar-refractivity contribution in [2.75, 3.05) is 0 Å². The van der Waals surface area contributed by atoms with Crippen LogP contribution in [0.25, 0.3) is 10.8 Å². The third-order valence-corrected chi connectivity index (χ3v) is 5.15. The standard InChI is InChI=1S/C21H22N2O5/c1-13(19(26)23-21(12-22)9-5-2-6-10-21)28-20(27)16-11-17(24)14-7-3-4-8-15(14)18(16)25/h3-4,7-8,11,13,24-25H,2,5-6,9-10H2,1H3,(H,23,26)/t13-/m0/s1. The lowest BCUT2D eigenvalue weighted by Crippen LogP contribution is -2.52. The van der Waals surface area contributed by atoms with Crippen molar-refractivity contribution in [2.24, 2.45) is 0 Å². The topological polar surface area (TPSA) is 120 Å². The van der Waals surface area contributed by atoms with Gasteiger partial charge in [0.1, 0.15) is 22.6 Å². The van der Waals surface area contributed by atoms with E-state index in [1.54, 1.807) is 24.3 Å². The number of benzene rings is 2. The van der Waals surface area contributed by atoms with Crippen LogP contribution in [0.1, 0.15) is 49.4 Å². The lowest BCUT2D eigenvalue weighted by Gasteiger charge is -2.32. The number of esters is 1. The van der Waals surface area contributed by atoms with E-state index < -0.39 is 23.5 Å². The van der Waals surface area contributed by atoms with Crippen molar-refractivity contribution in [1.29, 1.82) is 5.26 Å². The number of rotatable bonds is 4. The summed E-state index contributed by atoms with van der Waals surface area (Å²) in [7, 11) is 0. The fourth-order valence-electron chi connectivity index (χ4n) is 3.53. The highest BCUT2D eigenvalue weighted by molar-refractivity contribution is 6.04. The molecule has 0 aromatic heterocycles. The molecular weight excluding hydrogens is 360 g/mol. The summed E-state index contributed by atoms with van der Waals surface area (Å²) >= 11 is 0. The molecule has 3 N–H and O–H groups in total. The largest absolute Gasteiger partial charge is 0.507 e. The molecule has 7 heteroatoms. The number of nitrogens with zero attached hydrogens (tertiary/aromatic N) is 1. The quantitative estimate of drug-likeness (QED) is 0.552. The Kier molecular flexibility index (Phi) is 5.41. The Bertz CT molecular complexity index is 957. The summed E-state index contributed by atoms with van der Waals surface area (Å²) in [5, 5.41) is 33.4. The average molecular weight is 382 g/mol. The zero-order chi connectivity index (χ0) is 20.3. The maximum absolute atomic E-state index is 12.5. The Balaban J connectivity index is 1.75. The van der Waals surface area contributed by atoms with E-state index in [1.165, 1.54) is 6.92 Å². The molecule has 2 aromatic carbocycles. The van der Waals surface area contributed by atoms with Gasteiger partial charge in [0.05, 0.1) is 6.07 Å². The smallest absolute Gasteiger partial charge is 0.342 e. The summed E-state index contributed by atoms with van der Waals surface area (Å²) < 4.78 is 5.18. The van der Waals surface area contributed by atoms with Crippen LogP contribution in [0.3, 0.4) is 0 Å². The molecule has 1 amide bonds. The van der Waals surface area contributed by atoms with Crippen molar-refractivity contribution in [2.45, 2.75) is 50.7 Å². The zero-order valence-electron chi connectivity index (χ0n) is 15.6. The van der Waals surface area contributed by atoms with E-state index in [1.807, 2.05) is 0 Å². The summed E-state index contributed by atoms with van der Waals surface area (Å²) in [5.41, 5.74) is -1.16. The third kappa shape index (κ3) is 3.72. The van der Waals surface area contributed by atoms with Gasteiger partial charge in [-0.3, -0.25) is 4.79 Å². The molecule has 28 heavy (non-hydrogen) atoms. The van der Waals surface area contributed by atoms with E-state index in [0.29, 0.717) is 23.6 Å². The molecule has 0 aliphatic heterocycles. The van der Waals surface area contributed by atoms with Crippen molar-refractivity contribution in [1.82, 2.24) is 5.32 Å². The second-order valence-electron chi connectivity index (χ2n) is 7.13. The highest BCUT2D eigenvalue weighted by Gasteiger charge is 2.35. The highest BCUT2D eigenvalue weighted by atomic mass is 16.5. The van der Waals surface area contributed by atoms with E-state index in [0.717, 1.165) is 25.3 Å². The predicted octanol–water partition coefficient (Wildman–Crippen LogP) is 3.14. The second kappa shape index (κ2) is 7.77. The summed E-state index contributed by atoms with van der Waals surface area (Å²) in [6.07, 6.45) is 2.70. The van der Waals surface area contributed by atoms with Gasteiger partial charge in [-0.25, -0.2) is 4.79 Å². The molecule has 0 bridgehead atoms. The number of nitrogens with one attached hydrogen (secondary N) is 1. The van der Waals surface area contributed by atoms with Crippen LogP contribution in [0.15, 0.2) is 30.3 Å². The fraction of sp³-hybridized carbons (Fsp3) is 0.381. The molecule has 0 saturated heterocycles. The Morgan fingerprint density at radius 2 is 1.82 bits per heavy atom. The van der Waals surface area contributed by atoms with Crippen LogP contribution in [0, 0.1) is 11.3 Å². The Morgan fingerprint density at radius 3 is 2.46 bits per heavy atom. The van der Waals surface area contributed by atoms with Crippen LogP contribution in [0.5, 0.6) is 11.5 Å². The Hall–Kier alpha value is -3.27. The molecular formula is C21H22N2O5. The van der Waals surface area contributed by atoms with E-state index in [9.17, 15) is 25.1 Å². The molecule has 3 rings (SSSR count). The molecule has 0 radical (unpaired) electrons. The first-order valence-corrected chi connectivity index (χ1v) is 9.25. The van der Waals surface area contributed by atoms with Crippen molar-refractivity contribution >= 4 is 22.6 Å². The van der Waals surface area contributed by atoms with Gasteiger partial charge in [0, 0.05) is 10.8 Å². The van der Waals surface area contributed by atoms with Gasteiger partial charge < -0.3 is 20.3 Å². The van der Waals surface area contributed by atoms with Gasteiger partial charge in [-0.05, 0) is 25.8 Å². The number of phenolic OH excluding ortho intramolecular Hbond substituents is 2. The first kappa shape index (κ1) is 19.5. The minimum absolute atomic E-state index is 0.178. The summed E-state index contributed by atoms with van der Waals surface area (Å²) in [5.74, 6) is -2.01. The number of ether oxygens (including phenoxy) is 1. The maximum atomic E-state index is 12.5. The minimum Gasteiger partial charge on any atom is -0.507 e. The number of phenols is 2. The van der Waals surface area contributed by atoms with E-state index in [-0.39, 0.29) is 17.1 Å². The zero-order valence-corrected chi connectivity index (χ0v) is 15.6. The molecule has 7 nitrogen and oxygen atoms in total. The molecule has 2 aromatic rings. The lowest BCUT2D eigenvalue weighted by atomic mass is 9.83. The Morgan fingerprint density at radius 1 is 1.18 bits per heavy atom. The number of fused-ring (bicyclic) bond motifs is 1. The van der Waals surface area contributed by atoms with Gasteiger partial charge in [0.25, 0.3) is 5.91 Å². The third-order valence-electron chi connectivity index (χ3n) is 5.15. The van der Waals surface area contributed by atoms with Crippen LogP contribution in [0.2, 0.25) is 0 Å². The fourth-order valence-corrected chi connectivity index (χ4v) is 3.53. The van der Waals surface area contributed by atoms with Gasteiger partial charge in [-0.1, -0.05) is 43.5 Å². The molecule has 1 aliphatic rings. The number of nitriles is 1. The first-order chi connectivity index (χ1) is 13.4. The summed E-state index contributed by atoms with van der Waals surface area (Å²) in [4.78, 5) is 24.9. The first-order valence-electron chi connectivity index (χ1n) is 9.25. The van der Waals surface area contributed by atoms with Crippen molar-refractivity contribution in [3.63, 3.8) is 0 Å². The van der Waals surface area contributed by atoms with E-state index in [4.69, 9.17) is 4.74 Å². The van der Waals surface area contributed by atoms with Crippen molar-refractivity contribution < 1.29 is 24.5 Å². The number of aromatic hydroxyl groups is 2. The van der Waals surface area contributed by atoms with Gasteiger partial charge >= 0.3 is 5.97 Å². The van der Waals surface area contributed by atoms with Gasteiger partial charge in [-0.15, -0.1) is 0 Å². The maximum Gasteiger partial charge on any atom is 0.342 e. The van der Waals surface area contributed by atoms with Crippen molar-refractivity contribution in [3.8, 4) is 17.6 Å². The molecule has 1 fully saturated rings. The van der Waals surface area contributed by atoms with Crippen LogP contribution in [0.4, 0.5) is 0 Å². The lowest BCUT2D eigenvalue weighted by molar-refractivity contribution is -0.130. The van der Waals surface area contributed by atoms with E-state index in [2.05, 4.69) is 11.4 Å². The van der Waals surface area contributed by atoms with Gasteiger partial charge in [0.2, 0.25) is 0 Å². The second-order valence-corrected chi connectivity index (χ2v) is 7.13. The SMILES string of the molecule is C[C@H](OC(=O)c1cc(O)c2ccccc2c1O)C(=O)NC1(C#N)CCCCC1. The normalized spacial score (nSPS) is 16.7. The molecule has 1 aliphatic carbocycles. The number of amides is 1. The summed E-state index contributed by atoms with van der Waals surface area (Å²) in [6.45, 7) is 1.40. The predicted molar refractivity (Wildman–Crippen MR) is 102 cm³/mol. The van der Waals surface area contributed by atoms with Crippen LogP contribution in [-0.2, 0) is 9.53 Å². The van der Waals surface area contributed by atoms with Gasteiger partial charge in [-0.2, -0.15) is 5.26 Å². The van der Waals surface area contributed by atoms with Gasteiger partial charge in [0.15, 0.2) is 6.10 Å². The van der Waals surface area contributed by atoms with Crippen LogP contribution < -0.4 is 5.32 Å². The highest BCUT2D eigenvalue weighted by Crippen LogP contribution is 2.35. The molecule has 1 saturated carbocycles. The minimum atomic E-state index is -1.16. The number of carbonyl (C=O) groups is 2.